The van der Waals surface area contributed by atoms with Crippen LogP contribution in [0.15, 0.2) is 42.5 Å². The zero-order valence-electron chi connectivity index (χ0n) is 14.1. The molecule has 4 rings (SSSR count). The van der Waals surface area contributed by atoms with E-state index in [2.05, 4.69) is 0 Å². The molecule has 0 radical (unpaired) electrons. The topological polar surface area (TPSA) is 42.0 Å². The second-order valence-electron chi connectivity index (χ2n) is 6.12. The largest absolute Gasteiger partial charge is 0.493 e. The molecule has 1 atom stereocenters. The number of anilines is 1. The normalized spacial score (nSPS) is 18.9. The summed E-state index contributed by atoms with van der Waals surface area (Å²) < 4.78 is 10.8. The van der Waals surface area contributed by atoms with E-state index in [9.17, 15) is 4.79 Å². The summed E-state index contributed by atoms with van der Waals surface area (Å²) in [4.78, 5) is 16.6. The van der Waals surface area contributed by atoms with Gasteiger partial charge in [0.05, 0.1) is 19.9 Å². The maximum absolute atomic E-state index is 13.0. The van der Waals surface area contributed by atoms with Gasteiger partial charge in [-0.1, -0.05) is 18.2 Å². The second-order valence-corrected chi connectivity index (χ2v) is 6.48. The number of carbonyl (C=O) groups is 1. The van der Waals surface area contributed by atoms with Crippen LogP contribution in [0.5, 0.6) is 11.5 Å². The van der Waals surface area contributed by atoms with Gasteiger partial charge in [-0.15, -0.1) is 0 Å². The number of carbonyl (C=O) groups excluding carboxylic acids is 1. The molecule has 0 aliphatic carbocycles. The van der Waals surface area contributed by atoms with Crippen LogP contribution in [0.25, 0.3) is 0 Å². The van der Waals surface area contributed by atoms with E-state index in [1.165, 1.54) is 0 Å². The van der Waals surface area contributed by atoms with Crippen molar-refractivity contribution in [2.75, 3.05) is 19.1 Å². The van der Waals surface area contributed by atoms with Gasteiger partial charge in [0.1, 0.15) is 6.04 Å². The minimum atomic E-state index is -0.265. The minimum absolute atomic E-state index is 0.0247. The van der Waals surface area contributed by atoms with Gasteiger partial charge in [0.25, 0.3) is 5.91 Å². The molecule has 2 heterocycles. The number of amides is 1. The highest BCUT2D eigenvalue weighted by Gasteiger charge is 2.45. The molecule has 1 unspecified atom stereocenters. The summed E-state index contributed by atoms with van der Waals surface area (Å²) >= 11 is 5.61. The Morgan fingerprint density at radius 1 is 1.04 bits per heavy atom. The number of thiocarbonyl (C=S) groups is 1. The molecule has 0 saturated carbocycles. The van der Waals surface area contributed by atoms with Crippen LogP contribution >= 0.6 is 12.2 Å². The van der Waals surface area contributed by atoms with Crippen LogP contribution in [-0.4, -0.2) is 36.2 Å². The molecule has 2 aliphatic rings. The van der Waals surface area contributed by atoms with Gasteiger partial charge in [0.15, 0.2) is 16.6 Å². The number of hydrogen-bond donors (Lipinski definition) is 0. The molecule has 5 nitrogen and oxygen atoms in total. The number of fused-ring (bicyclic) bond motifs is 2. The van der Waals surface area contributed by atoms with Crippen LogP contribution in [0, 0.1) is 0 Å². The maximum Gasteiger partial charge on any atom is 0.256 e. The van der Waals surface area contributed by atoms with Crippen LogP contribution in [-0.2, 0) is 17.8 Å². The van der Waals surface area contributed by atoms with Crippen molar-refractivity contribution in [2.24, 2.45) is 0 Å². The number of benzene rings is 2. The van der Waals surface area contributed by atoms with Crippen molar-refractivity contribution in [1.82, 2.24) is 4.90 Å². The van der Waals surface area contributed by atoms with E-state index in [1.807, 2.05) is 47.4 Å². The molecule has 128 valence electrons. The Labute approximate surface area is 151 Å². The fourth-order valence-corrected chi connectivity index (χ4v) is 3.91. The average molecular weight is 354 g/mol. The minimum Gasteiger partial charge on any atom is -0.493 e. The number of rotatable bonds is 3. The first-order valence-electron chi connectivity index (χ1n) is 8.07. The molecule has 6 heteroatoms. The van der Waals surface area contributed by atoms with Crippen molar-refractivity contribution in [2.45, 2.75) is 19.0 Å². The van der Waals surface area contributed by atoms with Gasteiger partial charge in [0, 0.05) is 13.0 Å². The summed E-state index contributed by atoms with van der Waals surface area (Å²) in [6.07, 6.45) is 0.609. The molecule has 1 saturated heterocycles. The standard InChI is InChI=1S/C19H18N2O3S/c1-23-16-9-12-8-15-18(22)21(14-6-4-3-5-7-14)19(25)20(15)11-13(12)10-17(16)24-2/h3-7,9-10,15H,8,11H2,1-2H3. The van der Waals surface area contributed by atoms with Gasteiger partial charge in [-0.05, 0) is 47.6 Å². The van der Waals surface area contributed by atoms with Crippen LogP contribution in [0.3, 0.4) is 0 Å². The lowest BCUT2D eigenvalue weighted by atomic mass is 9.94. The summed E-state index contributed by atoms with van der Waals surface area (Å²) in [6.45, 7) is 0.592. The highest BCUT2D eigenvalue weighted by molar-refractivity contribution is 7.80. The molecular weight excluding hydrogens is 336 g/mol. The van der Waals surface area contributed by atoms with Crippen molar-refractivity contribution in [3.05, 3.63) is 53.6 Å². The Bertz CT molecular complexity index is 802. The Balaban J connectivity index is 1.71. The van der Waals surface area contributed by atoms with Crippen LogP contribution in [0.2, 0.25) is 0 Å². The predicted octanol–water partition coefficient (Wildman–Crippen LogP) is 2.76. The first-order chi connectivity index (χ1) is 12.1. The van der Waals surface area contributed by atoms with E-state index >= 15 is 0 Å². The van der Waals surface area contributed by atoms with Crippen molar-refractivity contribution < 1.29 is 14.3 Å². The molecule has 1 amide bonds. The summed E-state index contributed by atoms with van der Waals surface area (Å²) in [5.41, 5.74) is 3.02. The van der Waals surface area contributed by atoms with E-state index in [-0.39, 0.29) is 11.9 Å². The van der Waals surface area contributed by atoms with E-state index in [1.54, 1.807) is 19.1 Å². The zero-order valence-corrected chi connectivity index (χ0v) is 14.9. The number of hydrogen-bond acceptors (Lipinski definition) is 4. The van der Waals surface area contributed by atoms with Crippen molar-refractivity contribution in [3.63, 3.8) is 0 Å². The lowest BCUT2D eigenvalue weighted by Gasteiger charge is -2.31. The molecule has 2 aliphatic heterocycles. The predicted molar refractivity (Wildman–Crippen MR) is 99.1 cm³/mol. The number of ether oxygens (including phenoxy) is 2. The molecule has 2 aromatic rings. The van der Waals surface area contributed by atoms with Crippen molar-refractivity contribution in [3.8, 4) is 11.5 Å². The van der Waals surface area contributed by atoms with Crippen LogP contribution in [0.1, 0.15) is 11.1 Å². The lowest BCUT2D eigenvalue weighted by molar-refractivity contribution is -0.119. The SMILES string of the molecule is COc1cc2c(cc1OC)CN1C(=S)N(c3ccccc3)C(=O)C1C2. The molecule has 0 bridgehead atoms. The van der Waals surface area contributed by atoms with Gasteiger partial charge in [-0.2, -0.15) is 0 Å². The monoisotopic (exact) mass is 354 g/mol. The van der Waals surface area contributed by atoms with Gasteiger partial charge in [-0.3, -0.25) is 9.69 Å². The molecule has 2 aromatic carbocycles. The zero-order chi connectivity index (χ0) is 17.6. The number of methoxy groups -OCH3 is 2. The second kappa shape index (κ2) is 6.04. The molecule has 0 aromatic heterocycles. The summed E-state index contributed by atoms with van der Waals surface area (Å²) in [5, 5.41) is 0.557. The fourth-order valence-electron chi connectivity index (χ4n) is 3.52. The Hall–Kier alpha value is -2.60. The number of para-hydroxylation sites is 1. The quantitative estimate of drug-likeness (QED) is 0.793. The van der Waals surface area contributed by atoms with E-state index < -0.39 is 0 Å². The Morgan fingerprint density at radius 2 is 1.68 bits per heavy atom. The van der Waals surface area contributed by atoms with Gasteiger partial charge in [0.2, 0.25) is 0 Å². The first-order valence-corrected chi connectivity index (χ1v) is 8.48. The fraction of sp³-hybridized carbons (Fsp3) is 0.263. The smallest absolute Gasteiger partial charge is 0.256 e. The first kappa shape index (κ1) is 15.9. The van der Waals surface area contributed by atoms with Gasteiger partial charge in [-0.25, -0.2) is 0 Å². The van der Waals surface area contributed by atoms with Gasteiger partial charge < -0.3 is 14.4 Å². The van der Waals surface area contributed by atoms with Crippen LogP contribution in [0.4, 0.5) is 5.69 Å². The third-order valence-electron chi connectivity index (χ3n) is 4.79. The van der Waals surface area contributed by atoms with Crippen LogP contribution < -0.4 is 14.4 Å². The molecule has 0 N–H and O–H groups in total. The van der Waals surface area contributed by atoms with E-state index in [4.69, 9.17) is 21.7 Å². The Morgan fingerprint density at radius 3 is 2.32 bits per heavy atom. The third kappa shape index (κ3) is 2.44. The molecule has 1 fully saturated rings. The van der Waals surface area contributed by atoms with E-state index in [0.717, 1.165) is 16.8 Å². The average Bonchev–Trinajstić information content (AvgIpc) is 2.89. The molecule has 0 spiro atoms. The summed E-state index contributed by atoms with van der Waals surface area (Å²) in [7, 11) is 3.24. The number of nitrogens with zero attached hydrogens (tertiary/aromatic N) is 2. The Kier molecular flexibility index (Phi) is 3.84. The highest BCUT2D eigenvalue weighted by Crippen LogP contribution is 2.38. The van der Waals surface area contributed by atoms with E-state index in [0.29, 0.717) is 29.6 Å². The molecule has 25 heavy (non-hydrogen) atoms. The summed E-state index contributed by atoms with van der Waals surface area (Å²) in [6, 6.07) is 13.2. The maximum atomic E-state index is 13.0. The van der Waals surface area contributed by atoms with Gasteiger partial charge >= 0.3 is 0 Å². The molecular formula is C19H18N2O3S. The lowest BCUT2D eigenvalue weighted by Crippen LogP contribution is -2.40. The van der Waals surface area contributed by atoms with Crippen molar-refractivity contribution in [1.29, 1.82) is 0 Å². The third-order valence-corrected chi connectivity index (χ3v) is 5.21. The highest BCUT2D eigenvalue weighted by atomic mass is 32.1. The summed E-state index contributed by atoms with van der Waals surface area (Å²) in [5.74, 6) is 1.40. The van der Waals surface area contributed by atoms with Crippen molar-refractivity contribution >= 4 is 28.9 Å².